The Morgan fingerprint density at radius 3 is 1.63 bits per heavy atom. The number of para-hydroxylation sites is 1. The highest BCUT2D eigenvalue weighted by Crippen LogP contribution is 2.59. The average Bonchev–Trinajstić information content (AvgIpc) is 3.49. The SMILES string of the molecule is CC(C)c1cccc2c1-c1ccc(N(c3ccccc3)c3cc4ccccc4cc3-c3ccccc3)cc1C2(c1ccccc1)c1ccccc1. The van der Waals surface area contributed by atoms with Gasteiger partial charge in [-0.1, -0.05) is 172 Å². The van der Waals surface area contributed by atoms with Crippen LogP contribution in [-0.2, 0) is 5.41 Å². The predicted octanol–water partition coefficient (Wildman–Crippen LogP) is 13.5. The normalized spacial score (nSPS) is 12.8. The lowest BCUT2D eigenvalue weighted by atomic mass is 9.67. The van der Waals surface area contributed by atoms with Crippen molar-refractivity contribution in [3.63, 3.8) is 0 Å². The molecule has 0 heterocycles. The summed E-state index contributed by atoms with van der Waals surface area (Å²) < 4.78 is 0. The minimum absolute atomic E-state index is 0.377. The molecule has 8 aromatic rings. The number of hydrogen-bond acceptors (Lipinski definition) is 1. The molecule has 1 aliphatic carbocycles. The number of hydrogen-bond donors (Lipinski definition) is 0. The summed E-state index contributed by atoms with van der Waals surface area (Å²) in [6.45, 7) is 4.63. The van der Waals surface area contributed by atoms with Gasteiger partial charge in [0.15, 0.2) is 0 Å². The number of anilines is 3. The Bertz CT molecular complexity index is 2440. The molecular weight excluding hydrogens is 615 g/mol. The minimum atomic E-state index is -0.498. The van der Waals surface area contributed by atoms with E-state index in [1.807, 2.05) is 0 Å². The summed E-state index contributed by atoms with van der Waals surface area (Å²) in [6, 6.07) is 71.5. The molecule has 0 unspecified atom stereocenters. The van der Waals surface area contributed by atoms with Crippen molar-refractivity contribution in [1.82, 2.24) is 0 Å². The first-order chi connectivity index (χ1) is 25.1. The van der Waals surface area contributed by atoms with E-state index >= 15 is 0 Å². The Labute approximate surface area is 301 Å². The molecule has 0 aromatic heterocycles. The Morgan fingerprint density at radius 2 is 1.00 bits per heavy atom. The molecule has 0 saturated heterocycles. The maximum atomic E-state index is 2.48. The molecule has 1 nitrogen and oxygen atoms in total. The van der Waals surface area contributed by atoms with Gasteiger partial charge in [-0.3, -0.25) is 0 Å². The van der Waals surface area contributed by atoms with Crippen molar-refractivity contribution in [3.05, 3.63) is 222 Å². The van der Waals surface area contributed by atoms with Crippen LogP contribution in [0.5, 0.6) is 0 Å². The molecule has 0 bridgehead atoms. The zero-order chi connectivity index (χ0) is 34.4. The zero-order valence-electron chi connectivity index (χ0n) is 29.0. The second kappa shape index (κ2) is 12.6. The average molecular weight is 654 g/mol. The number of rotatable bonds is 7. The van der Waals surface area contributed by atoms with E-state index in [4.69, 9.17) is 0 Å². The second-order valence-corrected chi connectivity index (χ2v) is 13.9. The second-order valence-electron chi connectivity index (χ2n) is 13.9. The molecule has 0 aliphatic heterocycles. The molecular formula is C50H39N. The van der Waals surface area contributed by atoms with Crippen LogP contribution in [0.15, 0.2) is 194 Å². The number of nitrogens with zero attached hydrogens (tertiary/aromatic N) is 1. The molecule has 1 heteroatoms. The summed E-state index contributed by atoms with van der Waals surface area (Å²) in [4.78, 5) is 2.46. The van der Waals surface area contributed by atoms with Crippen LogP contribution >= 0.6 is 0 Å². The van der Waals surface area contributed by atoms with E-state index in [1.165, 1.54) is 60.8 Å². The summed E-state index contributed by atoms with van der Waals surface area (Å²) in [5.74, 6) is 0.377. The van der Waals surface area contributed by atoms with Crippen LogP contribution in [0.1, 0.15) is 47.6 Å². The highest BCUT2D eigenvalue weighted by Gasteiger charge is 2.47. The largest absolute Gasteiger partial charge is 0.310 e. The molecule has 9 rings (SSSR count). The van der Waals surface area contributed by atoms with Gasteiger partial charge in [-0.2, -0.15) is 0 Å². The highest BCUT2D eigenvalue weighted by molar-refractivity contribution is 5.99. The van der Waals surface area contributed by atoms with Crippen molar-refractivity contribution in [1.29, 1.82) is 0 Å². The van der Waals surface area contributed by atoms with Gasteiger partial charge in [0, 0.05) is 16.9 Å². The number of benzene rings is 8. The molecule has 0 atom stereocenters. The minimum Gasteiger partial charge on any atom is -0.310 e. The summed E-state index contributed by atoms with van der Waals surface area (Å²) in [5.41, 5.74) is 14.5. The van der Waals surface area contributed by atoms with Crippen molar-refractivity contribution in [2.45, 2.75) is 25.2 Å². The third kappa shape index (κ3) is 5.00. The quantitative estimate of drug-likeness (QED) is 0.165. The summed E-state index contributed by atoms with van der Waals surface area (Å²) in [7, 11) is 0. The fourth-order valence-corrected chi connectivity index (χ4v) is 8.44. The fourth-order valence-electron chi connectivity index (χ4n) is 8.44. The third-order valence-electron chi connectivity index (χ3n) is 10.7. The standard InChI is InChI=1S/C50H39N/c1-35(2)43-28-17-29-46-49(43)44-31-30-42(34-47(44)50(46,39-22-9-4-10-23-39)40-24-11-5-12-25-40)51(41-26-13-6-14-27-41)48-33-38-21-16-15-20-37(38)32-45(48)36-18-7-3-8-19-36/h3-35H,1-2H3. The van der Waals surface area contributed by atoms with Gasteiger partial charge >= 0.3 is 0 Å². The molecule has 8 aromatic carbocycles. The summed E-state index contributed by atoms with van der Waals surface area (Å²) in [5, 5.41) is 2.44. The lowest BCUT2D eigenvalue weighted by Gasteiger charge is -2.35. The first kappa shape index (κ1) is 30.8. The predicted molar refractivity (Wildman–Crippen MR) is 215 cm³/mol. The van der Waals surface area contributed by atoms with Crippen molar-refractivity contribution < 1.29 is 0 Å². The van der Waals surface area contributed by atoms with Gasteiger partial charge in [-0.05, 0) is 97.6 Å². The van der Waals surface area contributed by atoms with E-state index in [9.17, 15) is 0 Å². The molecule has 0 amide bonds. The van der Waals surface area contributed by atoms with Crippen molar-refractivity contribution >= 4 is 27.8 Å². The van der Waals surface area contributed by atoms with Crippen LogP contribution in [-0.4, -0.2) is 0 Å². The van der Waals surface area contributed by atoms with Crippen LogP contribution in [0, 0.1) is 0 Å². The van der Waals surface area contributed by atoms with Gasteiger partial charge in [0.25, 0.3) is 0 Å². The molecule has 51 heavy (non-hydrogen) atoms. The van der Waals surface area contributed by atoms with E-state index in [1.54, 1.807) is 0 Å². The topological polar surface area (TPSA) is 3.24 Å². The van der Waals surface area contributed by atoms with E-state index in [0.717, 1.165) is 17.1 Å². The van der Waals surface area contributed by atoms with Crippen molar-refractivity contribution in [2.75, 3.05) is 4.90 Å². The summed E-state index contributed by atoms with van der Waals surface area (Å²) in [6.07, 6.45) is 0. The molecule has 0 N–H and O–H groups in total. The van der Waals surface area contributed by atoms with Crippen LogP contribution in [0.3, 0.4) is 0 Å². The third-order valence-corrected chi connectivity index (χ3v) is 10.7. The molecule has 244 valence electrons. The molecule has 0 radical (unpaired) electrons. The van der Waals surface area contributed by atoms with Crippen LogP contribution in [0.2, 0.25) is 0 Å². The molecule has 0 fully saturated rings. The van der Waals surface area contributed by atoms with Crippen LogP contribution in [0.4, 0.5) is 17.1 Å². The Kier molecular flexibility index (Phi) is 7.63. The fraction of sp³-hybridized carbons (Fsp3) is 0.0800. The van der Waals surface area contributed by atoms with Gasteiger partial charge in [0.2, 0.25) is 0 Å². The van der Waals surface area contributed by atoms with E-state index in [-0.39, 0.29) is 0 Å². The van der Waals surface area contributed by atoms with E-state index in [0.29, 0.717) is 5.92 Å². The van der Waals surface area contributed by atoms with Crippen molar-refractivity contribution in [2.24, 2.45) is 0 Å². The van der Waals surface area contributed by atoms with Crippen molar-refractivity contribution in [3.8, 4) is 22.3 Å². The monoisotopic (exact) mass is 653 g/mol. The molecule has 1 aliphatic rings. The van der Waals surface area contributed by atoms with Gasteiger partial charge in [-0.25, -0.2) is 0 Å². The number of fused-ring (bicyclic) bond motifs is 4. The first-order valence-corrected chi connectivity index (χ1v) is 18.0. The maximum Gasteiger partial charge on any atom is 0.0714 e. The smallest absolute Gasteiger partial charge is 0.0714 e. The lowest BCUT2D eigenvalue weighted by Crippen LogP contribution is -2.28. The maximum absolute atomic E-state index is 2.48. The van der Waals surface area contributed by atoms with Gasteiger partial charge in [-0.15, -0.1) is 0 Å². The van der Waals surface area contributed by atoms with Crippen LogP contribution < -0.4 is 4.90 Å². The Hall–Kier alpha value is -6.18. The van der Waals surface area contributed by atoms with Gasteiger partial charge in [0.1, 0.15) is 0 Å². The lowest BCUT2D eigenvalue weighted by molar-refractivity contribution is 0.765. The Balaban J connectivity index is 1.39. The highest BCUT2D eigenvalue weighted by atomic mass is 15.1. The first-order valence-electron chi connectivity index (χ1n) is 18.0. The summed E-state index contributed by atoms with van der Waals surface area (Å²) >= 11 is 0. The zero-order valence-corrected chi connectivity index (χ0v) is 29.0. The van der Waals surface area contributed by atoms with Gasteiger partial charge in [0.05, 0.1) is 11.1 Å². The van der Waals surface area contributed by atoms with E-state index < -0.39 is 5.41 Å². The molecule has 0 saturated carbocycles. The van der Waals surface area contributed by atoms with Crippen LogP contribution in [0.25, 0.3) is 33.0 Å². The Morgan fingerprint density at radius 1 is 0.431 bits per heavy atom. The molecule has 0 spiro atoms. The van der Waals surface area contributed by atoms with Gasteiger partial charge < -0.3 is 4.90 Å². The van der Waals surface area contributed by atoms with E-state index in [2.05, 4.69) is 213 Å².